The summed E-state index contributed by atoms with van der Waals surface area (Å²) in [6.45, 7) is 13.6. The Balaban J connectivity index is 0.000000269. The van der Waals surface area contributed by atoms with Gasteiger partial charge in [-0.1, -0.05) is 139 Å². The summed E-state index contributed by atoms with van der Waals surface area (Å²) in [7, 11) is 3.99. The highest BCUT2D eigenvalue weighted by Gasteiger charge is 2.07. The van der Waals surface area contributed by atoms with E-state index in [9.17, 15) is 0 Å². The smallest absolute Gasteiger partial charge is 0.139 e. The molecule has 1 fully saturated rings. The van der Waals surface area contributed by atoms with Gasteiger partial charge < -0.3 is 15.5 Å². The monoisotopic (exact) mass is 626 g/mol. The van der Waals surface area contributed by atoms with E-state index in [1.165, 1.54) is 68.9 Å². The van der Waals surface area contributed by atoms with Crippen molar-refractivity contribution in [2.45, 2.75) is 112 Å². The van der Waals surface area contributed by atoms with Crippen molar-refractivity contribution in [3.05, 3.63) is 102 Å². The molecule has 1 unspecified atom stereocenters. The lowest BCUT2D eigenvalue weighted by Crippen LogP contribution is -2.28. The lowest BCUT2D eigenvalue weighted by Gasteiger charge is -2.17. The first-order valence-corrected chi connectivity index (χ1v) is 17.9. The minimum atomic E-state index is 0.629. The summed E-state index contributed by atoms with van der Waals surface area (Å²) in [6, 6.07) is 30.0. The zero-order valence-electron chi connectivity index (χ0n) is 30.1. The van der Waals surface area contributed by atoms with Crippen molar-refractivity contribution < 1.29 is 0 Å². The third-order valence-electron chi connectivity index (χ3n) is 8.27. The van der Waals surface area contributed by atoms with Gasteiger partial charge in [0.2, 0.25) is 0 Å². The molecule has 1 heterocycles. The molecule has 1 aromatic heterocycles. The van der Waals surface area contributed by atoms with E-state index in [4.69, 9.17) is 0 Å². The molecule has 0 amide bonds. The summed E-state index contributed by atoms with van der Waals surface area (Å²) in [5, 5.41) is 8.31. The third-order valence-corrected chi connectivity index (χ3v) is 8.27. The van der Waals surface area contributed by atoms with Crippen molar-refractivity contribution in [1.29, 1.82) is 0 Å². The maximum atomic E-state index is 4.42. The summed E-state index contributed by atoms with van der Waals surface area (Å²) < 4.78 is 0. The Labute approximate surface area is 281 Å². The fraction of sp³-hybridized carbons (Fsp3) is 0.512. The number of aryl methyl sites for hydroxylation is 1. The van der Waals surface area contributed by atoms with Gasteiger partial charge in [-0.2, -0.15) is 0 Å². The van der Waals surface area contributed by atoms with Crippen LogP contribution >= 0.6 is 0 Å². The summed E-state index contributed by atoms with van der Waals surface area (Å²) in [4.78, 5) is 10.8. The van der Waals surface area contributed by atoms with Crippen molar-refractivity contribution in [3.63, 3.8) is 0 Å². The van der Waals surface area contributed by atoms with E-state index in [2.05, 4.69) is 95.1 Å². The fourth-order valence-electron chi connectivity index (χ4n) is 5.60. The van der Waals surface area contributed by atoms with Crippen LogP contribution in [0.15, 0.2) is 84.9 Å². The molecule has 0 bridgehead atoms. The molecule has 252 valence electrons. The van der Waals surface area contributed by atoms with Gasteiger partial charge >= 0.3 is 0 Å². The number of benzene rings is 3. The molecule has 5 rings (SSSR count). The molecule has 1 saturated carbocycles. The zero-order chi connectivity index (χ0) is 33.4. The number of anilines is 1. The maximum absolute atomic E-state index is 4.42. The molecule has 1 aliphatic rings. The van der Waals surface area contributed by atoms with Crippen molar-refractivity contribution in [1.82, 2.24) is 20.6 Å². The lowest BCUT2D eigenvalue weighted by atomic mass is 9.91. The van der Waals surface area contributed by atoms with Gasteiger partial charge in [-0.3, -0.25) is 0 Å². The first-order valence-electron chi connectivity index (χ1n) is 17.9. The Morgan fingerprint density at radius 3 is 1.91 bits per heavy atom. The quantitative estimate of drug-likeness (QED) is 0.153. The Morgan fingerprint density at radius 1 is 0.761 bits per heavy atom. The number of fused-ring (bicyclic) bond motifs is 1. The van der Waals surface area contributed by atoms with E-state index >= 15 is 0 Å². The average molecular weight is 626 g/mol. The molecule has 3 aromatic carbocycles. The number of rotatable bonds is 12. The van der Waals surface area contributed by atoms with E-state index in [1.54, 1.807) is 0 Å². The molecule has 5 heteroatoms. The van der Waals surface area contributed by atoms with Crippen molar-refractivity contribution in [2.24, 2.45) is 5.92 Å². The van der Waals surface area contributed by atoms with Crippen LogP contribution in [0.1, 0.15) is 102 Å². The van der Waals surface area contributed by atoms with Crippen LogP contribution in [0.4, 0.5) is 5.82 Å². The molecule has 0 spiro atoms. The number of nitrogens with one attached hydrogen (secondary N) is 2. The largest absolute Gasteiger partial charge is 0.362 e. The Bertz CT molecular complexity index is 1290. The Kier molecular flexibility index (Phi) is 20.3. The van der Waals surface area contributed by atoms with Gasteiger partial charge in [-0.05, 0) is 61.9 Å². The van der Waals surface area contributed by atoms with Crippen LogP contribution in [0, 0.1) is 12.8 Å². The molecule has 5 nitrogen and oxygen atoms in total. The van der Waals surface area contributed by atoms with Crippen molar-refractivity contribution in [3.8, 4) is 0 Å². The van der Waals surface area contributed by atoms with Crippen LogP contribution in [0.25, 0.3) is 10.9 Å². The molecule has 1 aliphatic carbocycles. The molecule has 1 atom stereocenters. The van der Waals surface area contributed by atoms with Crippen molar-refractivity contribution >= 4 is 16.7 Å². The van der Waals surface area contributed by atoms with Gasteiger partial charge in [0.05, 0.1) is 5.52 Å². The van der Waals surface area contributed by atoms with Gasteiger partial charge in [0.1, 0.15) is 11.6 Å². The first-order chi connectivity index (χ1) is 22.5. The van der Waals surface area contributed by atoms with E-state index in [0.717, 1.165) is 48.1 Å². The molecule has 0 radical (unpaired) electrons. The van der Waals surface area contributed by atoms with E-state index in [0.29, 0.717) is 6.04 Å². The van der Waals surface area contributed by atoms with Crippen LogP contribution in [0.3, 0.4) is 0 Å². The first kappa shape index (κ1) is 38.9. The van der Waals surface area contributed by atoms with E-state index in [-0.39, 0.29) is 0 Å². The predicted molar refractivity (Wildman–Crippen MR) is 202 cm³/mol. The molecular weight excluding hydrogens is 562 g/mol. The van der Waals surface area contributed by atoms with Gasteiger partial charge in [0, 0.05) is 38.6 Å². The van der Waals surface area contributed by atoms with Crippen LogP contribution in [-0.4, -0.2) is 36.6 Å². The zero-order valence-corrected chi connectivity index (χ0v) is 30.1. The van der Waals surface area contributed by atoms with Crippen LogP contribution in [0.5, 0.6) is 0 Å². The van der Waals surface area contributed by atoms with Gasteiger partial charge in [-0.15, -0.1) is 0 Å². The van der Waals surface area contributed by atoms with Crippen LogP contribution in [-0.2, 0) is 13.1 Å². The standard InChI is InChI=1S/C21H30N2.C11H13N3.C7H14.C2H6/c1-2-21(23-18-20-13-7-4-8-14-20)15-9-10-16-22-17-19-11-5-3-6-12-19;1-8-12-10-7-5-4-6-9(10)11(13-8)14(2)3;1-7-5-3-2-4-6-7;1-2/h3-8,11-14,21-23H,2,9-10,15-18H2,1H3;4-7H,1-3H3;7H,2-6H2,1H3;1-2H3. The highest BCUT2D eigenvalue weighted by molar-refractivity contribution is 5.89. The van der Waals surface area contributed by atoms with Crippen LogP contribution in [0.2, 0.25) is 0 Å². The number of para-hydroxylation sites is 1. The van der Waals surface area contributed by atoms with Crippen molar-refractivity contribution in [2.75, 3.05) is 25.5 Å². The molecule has 0 aliphatic heterocycles. The predicted octanol–water partition coefficient (Wildman–Crippen LogP) is 10.1. The number of nitrogens with zero attached hydrogens (tertiary/aromatic N) is 3. The second-order valence-electron chi connectivity index (χ2n) is 12.4. The molecule has 2 N–H and O–H groups in total. The third kappa shape index (κ3) is 15.8. The van der Waals surface area contributed by atoms with Crippen LogP contribution < -0.4 is 15.5 Å². The summed E-state index contributed by atoms with van der Waals surface area (Å²) in [6.07, 6.45) is 12.4. The van der Waals surface area contributed by atoms with Gasteiger partial charge in [-0.25, -0.2) is 9.97 Å². The Hall–Kier alpha value is -3.28. The minimum absolute atomic E-state index is 0.629. The number of unbranched alkanes of at least 4 members (excludes halogenated alkanes) is 1. The van der Waals surface area contributed by atoms with Gasteiger partial charge in [0.15, 0.2) is 0 Å². The second kappa shape index (κ2) is 24.0. The minimum Gasteiger partial charge on any atom is -0.362 e. The fourth-order valence-corrected chi connectivity index (χ4v) is 5.60. The highest BCUT2D eigenvalue weighted by atomic mass is 15.1. The SMILES string of the molecule is CC.CC1CCCCC1.CCC(CCCCNCc1ccccc1)NCc1ccccc1.Cc1nc(N(C)C)c2ccccc2n1. The Morgan fingerprint density at radius 2 is 1.35 bits per heavy atom. The summed E-state index contributed by atoms with van der Waals surface area (Å²) in [5.41, 5.74) is 3.74. The molecular formula is C41H63N5. The molecule has 46 heavy (non-hydrogen) atoms. The van der Waals surface area contributed by atoms with E-state index < -0.39 is 0 Å². The second-order valence-corrected chi connectivity index (χ2v) is 12.4. The summed E-state index contributed by atoms with van der Waals surface area (Å²) >= 11 is 0. The topological polar surface area (TPSA) is 53.1 Å². The number of hydrogen-bond acceptors (Lipinski definition) is 5. The summed E-state index contributed by atoms with van der Waals surface area (Å²) in [5.74, 6) is 2.83. The normalized spacial score (nSPS) is 13.3. The number of aromatic nitrogens is 2. The van der Waals surface area contributed by atoms with Gasteiger partial charge in [0.25, 0.3) is 0 Å². The highest BCUT2D eigenvalue weighted by Crippen LogP contribution is 2.22. The maximum Gasteiger partial charge on any atom is 0.139 e. The number of hydrogen-bond donors (Lipinski definition) is 2. The lowest BCUT2D eigenvalue weighted by molar-refractivity contribution is 0.385. The average Bonchev–Trinajstić information content (AvgIpc) is 3.10. The van der Waals surface area contributed by atoms with E-state index in [1.807, 2.05) is 64.0 Å². The molecule has 0 saturated heterocycles. The molecule has 4 aromatic rings.